The van der Waals surface area contributed by atoms with Crippen molar-refractivity contribution in [1.82, 2.24) is 14.9 Å². The van der Waals surface area contributed by atoms with Crippen molar-refractivity contribution in [2.75, 3.05) is 32.6 Å². The lowest BCUT2D eigenvalue weighted by Crippen LogP contribution is -2.29. The van der Waals surface area contributed by atoms with Crippen LogP contribution in [0.4, 0.5) is 5.82 Å². The van der Waals surface area contributed by atoms with Crippen LogP contribution in [0.1, 0.15) is 35.2 Å². The number of hydrogen-bond acceptors (Lipinski definition) is 6. The van der Waals surface area contributed by atoms with Gasteiger partial charge in [-0.1, -0.05) is 18.2 Å². The number of nitrogens with one attached hydrogen (secondary N) is 2. The number of methoxy groups -OCH3 is 2. The number of nitrogens with zero attached hydrogens (tertiary/aromatic N) is 2. The van der Waals surface area contributed by atoms with Crippen molar-refractivity contribution in [1.29, 1.82) is 0 Å². The van der Waals surface area contributed by atoms with Gasteiger partial charge in [0, 0.05) is 36.8 Å². The maximum Gasteiger partial charge on any atom is 0.349 e. The molecule has 2 heterocycles. The molecule has 2 N–H and O–H groups in total. The largest absolute Gasteiger partial charge is 0.493 e. The zero-order chi connectivity index (χ0) is 23.9. The number of anilines is 1. The van der Waals surface area contributed by atoms with Gasteiger partial charge in [0.25, 0.3) is 5.91 Å². The normalized spacial score (nSPS) is 11.8. The monoisotopic (exact) mass is 462 g/mol. The number of carbonyl (C=O) groups excluding carboxylic acids is 1. The van der Waals surface area contributed by atoms with E-state index in [1.54, 1.807) is 30.9 Å². The molecule has 1 aromatic heterocycles. The van der Waals surface area contributed by atoms with Crippen molar-refractivity contribution in [2.24, 2.45) is 0 Å². The lowest BCUT2D eigenvalue weighted by atomic mass is 9.97. The van der Waals surface area contributed by atoms with Crippen LogP contribution in [-0.2, 0) is 13.0 Å². The third-order valence-corrected chi connectivity index (χ3v) is 5.98. The van der Waals surface area contributed by atoms with Crippen LogP contribution in [0.25, 0.3) is 11.3 Å². The molecule has 8 nitrogen and oxygen atoms in total. The maximum atomic E-state index is 12.6. The molecule has 0 unspecified atom stereocenters. The molecule has 0 spiro atoms. The van der Waals surface area contributed by atoms with Gasteiger partial charge in [0.1, 0.15) is 5.82 Å². The molecule has 0 atom stereocenters. The standard InChI is InChI=1S/C26H30N4O4/c1-33-22-15-19-11-14-30-21(20(19)16-23(22)34-2)17-24(29-26(30)32)27-12-7-4-8-13-28-25(31)18-9-5-3-6-10-18/h3,5-6,9-10,15-17H,4,7-8,11-14H2,1-2H3,(H,28,31)(H,27,29,32). The van der Waals surface area contributed by atoms with Crippen LogP contribution >= 0.6 is 0 Å². The van der Waals surface area contributed by atoms with E-state index in [1.165, 1.54) is 0 Å². The zero-order valence-electron chi connectivity index (χ0n) is 19.6. The molecular formula is C26H30N4O4. The Morgan fingerprint density at radius 1 is 1.00 bits per heavy atom. The Morgan fingerprint density at radius 2 is 1.74 bits per heavy atom. The molecule has 1 amide bonds. The number of aryl methyl sites for hydroxylation is 1. The molecule has 1 aliphatic rings. The molecule has 4 rings (SSSR count). The molecule has 2 aromatic carbocycles. The van der Waals surface area contributed by atoms with E-state index >= 15 is 0 Å². The summed E-state index contributed by atoms with van der Waals surface area (Å²) < 4.78 is 12.6. The van der Waals surface area contributed by atoms with Crippen LogP contribution in [0, 0.1) is 0 Å². The van der Waals surface area contributed by atoms with E-state index in [2.05, 4.69) is 15.6 Å². The summed E-state index contributed by atoms with van der Waals surface area (Å²) in [4.78, 5) is 28.9. The summed E-state index contributed by atoms with van der Waals surface area (Å²) in [5.74, 6) is 1.83. The van der Waals surface area contributed by atoms with Gasteiger partial charge in [-0.15, -0.1) is 0 Å². The van der Waals surface area contributed by atoms with Crippen molar-refractivity contribution in [3.05, 3.63) is 70.1 Å². The van der Waals surface area contributed by atoms with E-state index in [0.717, 1.165) is 42.5 Å². The van der Waals surface area contributed by atoms with Gasteiger partial charge in [-0.25, -0.2) is 4.79 Å². The molecule has 0 saturated carbocycles. The Morgan fingerprint density at radius 3 is 2.50 bits per heavy atom. The van der Waals surface area contributed by atoms with E-state index in [1.807, 2.05) is 36.4 Å². The Hall–Kier alpha value is -3.81. The minimum absolute atomic E-state index is 0.0491. The van der Waals surface area contributed by atoms with Crippen LogP contribution in [0.2, 0.25) is 0 Å². The Kier molecular flexibility index (Phi) is 7.47. The van der Waals surface area contributed by atoms with E-state index in [9.17, 15) is 9.59 Å². The molecule has 0 saturated heterocycles. The predicted octanol–water partition coefficient (Wildman–Crippen LogP) is 3.50. The van der Waals surface area contributed by atoms with Crippen molar-refractivity contribution >= 4 is 11.7 Å². The summed E-state index contributed by atoms with van der Waals surface area (Å²) in [6.07, 6.45) is 3.47. The molecule has 3 aromatic rings. The quantitative estimate of drug-likeness (QED) is 0.448. The highest BCUT2D eigenvalue weighted by Gasteiger charge is 2.21. The number of fused-ring (bicyclic) bond motifs is 3. The highest BCUT2D eigenvalue weighted by molar-refractivity contribution is 5.94. The molecule has 0 fully saturated rings. The second-order valence-corrected chi connectivity index (χ2v) is 8.18. The minimum atomic E-state index is -0.260. The van der Waals surface area contributed by atoms with E-state index < -0.39 is 0 Å². The van der Waals surface area contributed by atoms with E-state index in [4.69, 9.17) is 9.47 Å². The Labute approximate surface area is 198 Å². The van der Waals surface area contributed by atoms with Gasteiger partial charge in [0.15, 0.2) is 11.5 Å². The van der Waals surface area contributed by atoms with Gasteiger partial charge in [-0.3, -0.25) is 9.36 Å². The Bertz CT molecular complexity index is 1210. The molecule has 178 valence electrons. The van der Waals surface area contributed by atoms with Crippen LogP contribution in [-0.4, -0.2) is 42.8 Å². The molecule has 34 heavy (non-hydrogen) atoms. The summed E-state index contributed by atoms with van der Waals surface area (Å²) >= 11 is 0. The lowest BCUT2D eigenvalue weighted by Gasteiger charge is -2.23. The minimum Gasteiger partial charge on any atom is -0.493 e. The average molecular weight is 463 g/mol. The summed E-state index contributed by atoms with van der Waals surface area (Å²) in [6, 6.07) is 15.0. The fourth-order valence-electron chi connectivity index (χ4n) is 4.17. The second kappa shape index (κ2) is 10.9. The summed E-state index contributed by atoms with van der Waals surface area (Å²) in [5, 5.41) is 6.22. The molecule has 8 heteroatoms. The topological polar surface area (TPSA) is 94.5 Å². The molecule has 0 bridgehead atoms. The predicted molar refractivity (Wildman–Crippen MR) is 132 cm³/mol. The first kappa shape index (κ1) is 23.4. The highest BCUT2D eigenvalue weighted by Crippen LogP contribution is 2.38. The number of unbranched alkanes of at least 4 members (excludes halogenated alkanes) is 2. The molecular weight excluding hydrogens is 432 g/mol. The van der Waals surface area contributed by atoms with Gasteiger partial charge in [-0.2, -0.15) is 4.98 Å². The van der Waals surface area contributed by atoms with Gasteiger partial charge in [-0.05, 0) is 55.5 Å². The first-order valence-electron chi connectivity index (χ1n) is 11.5. The fourth-order valence-corrected chi connectivity index (χ4v) is 4.17. The number of rotatable bonds is 10. The van der Waals surface area contributed by atoms with Crippen LogP contribution < -0.4 is 25.8 Å². The van der Waals surface area contributed by atoms with Gasteiger partial charge in [0.05, 0.1) is 19.9 Å². The summed E-state index contributed by atoms with van der Waals surface area (Å²) in [7, 11) is 3.22. The van der Waals surface area contributed by atoms with Crippen molar-refractivity contribution in [3.8, 4) is 22.8 Å². The fraction of sp³-hybridized carbons (Fsp3) is 0.346. The average Bonchev–Trinajstić information content (AvgIpc) is 2.87. The first-order chi connectivity index (χ1) is 16.6. The number of ether oxygens (including phenoxy) is 2. The zero-order valence-corrected chi connectivity index (χ0v) is 19.6. The van der Waals surface area contributed by atoms with Crippen molar-refractivity contribution in [2.45, 2.75) is 32.2 Å². The smallest absolute Gasteiger partial charge is 0.349 e. The molecule has 0 aliphatic carbocycles. The van der Waals surface area contributed by atoms with Gasteiger partial charge in [0.2, 0.25) is 0 Å². The third kappa shape index (κ3) is 5.22. The molecule has 1 aliphatic heterocycles. The van der Waals surface area contributed by atoms with E-state index in [-0.39, 0.29) is 11.6 Å². The van der Waals surface area contributed by atoms with Crippen molar-refractivity contribution in [3.63, 3.8) is 0 Å². The lowest BCUT2D eigenvalue weighted by molar-refractivity contribution is 0.0953. The highest BCUT2D eigenvalue weighted by atomic mass is 16.5. The summed E-state index contributed by atoms with van der Waals surface area (Å²) in [6.45, 7) is 1.91. The van der Waals surface area contributed by atoms with Crippen molar-refractivity contribution < 1.29 is 14.3 Å². The van der Waals surface area contributed by atoms with Crippen LogP contribution in [0.15, 0.2) is 53.3 Å². The number of aromatic nitrogens is 2. The number of amides is 1. The van der Waals surface area contributed by atoms with Gasteiger partial charge >= 0.3 is 5.69 Å². The van der Waals surface area contributed by atoms with Gasteiger partial charge < -0.3 is 20.1 Å². The molecule has 0 radical (unpaired) electrons. The Balaban J connectivity index is 1.32. The first-order valence-corrected chi connectivity index (χ1v) is 11.5. The SMILES string of the molecule is COc1cc2c(cc1OC)-c1cc(NCCCCCNC(=O)c3ccccc3)nc(=O)n1CC2. The summed E-state index contributed by atoms with van der Waals surface area (Å²) in [5.41, 5.74) is 3.32. The number of carbonyl (C=O) groups is 1. The third-order valence-electron chi connectivity index (χ3n) is 5.98. The number of benzene rings is 2. The second-order valence-electron chi connectivity index (χ2n) is 8.18. The number of hydrogen-bond donors (Lipinski definition) is 2. The van der Waals surface area contributed by atoms with Crippen LogP contribution in [0.3, 0.4) is 0 Å². The van der Waals surface area contributed by atoms with E-state index in [0.29, 0.717) is 42.5 Å². The van der Waals surface area contributed by atoms with Crippen LogP contribution in [0.5, 0.6) is 11.5 Å². The maximum absolute atomic E-state index is 12.6.